The molecule has 0 saturated carbocycles. The van der Waals surface area contributed by atoms with E-state index in [9.17, 15) is 9.59 Å². The van der Waals surface area contributed by atoms with Gasteiger partial charge in [0.1, 0.15) is 12.2 Å². The maximum atomic E-state index is 13.8. The molecule has 0 spiro atoms. The molecule has 2 aliphatic heterocycles. The van der Waals surface area contributed by atoms with E-state index in [0.29, 0.717) is 69.6 Å². The molecule has 690 valence electrons. The Balaban J connectivity index is 0.000000387. The fourth-order valence-corrected chi connectivity index (χ4v) is 26.9. The van der Waals surface area contributed by atoms with E-state index < -0.39 is 52.7 Å². The van der Waals surface area contributed by atoms with Crippen molar-refractivity contribution in [1.82, 2.24) is 0 Å². The van der Waals surface area contributed by atoms with E-state index in [0.717, 1.165) is 101 Å². The number of hydrogen-bond donors (Lipinski definition) is 0. The second kappa shape index (κ2) is 50.6. The molecule has 0 radical (unpaired) electrons. The number of unbranched alkanes of at least 4 members (excludes halogenated alkanes) is 2. The summed E-state index contributed by atoms with van der Waals surface area (Å²) in [4.78, 5) is 26.8. The van der Waals surface area contributed by atoms with Gasteiger partial charge in [-0.2, -0.15) is 0 Å². The number of carbonyl (C=O) groups excluding carboxylic acids is 2. The Labute approximate surface area is 777 Å². The van der Waals surface area contributed by atoms with Gasteiger partial charge in [0.15, 0.2) is 28.2 Å². The molecular weight excluding hydrogens is 1830 g/mol. The van der Waals surface area contributed by atoms with Gasteiger partial charge < -0.3 is 41.5 Å². The Hall–Kier alpha value is -2.91. The maximum absolute atomic E-state index is 13.8. The van der Waals surface area contributed by atoms with Crippen molar-refractivity contribution >= 4 is 129 Å². The van der Waals surface area contributed by atoms with E-state index in [1.54, 1.807) is 14.2 Å². The van der Waals surface area contributed by atoms with Crippen molar-refractivity contribution in [3.8, 4) is 0 Å². The van der Waals surface area contributed by atoms with Gasteiger partial charge in [-0.15, -0.1) is 0 Å². The molecule has 0 bridgehead atoms. The number of rotatable bonds is 44. The number of halogens is 1. The molecule has 22 heteroatoms. The Bertz CT molecular complexity index is 4020. The number of esters is 2. The molecule has 13 nitrogen and oxygen atoms in total. The Morgan fingerprint density at radius 2 is 0.951 bits per heavy atom. The first-order valence-electron chi connectivity index (χ1n) is 45.5. The van der Waals surface area contributed by atoms with Crippen molar-refractivity contribution in [1.29, 1.82) is 0 Å². The van der Waals surface area contributed by atoms with Crippen molar-refractivity contribution in [3.63, 3.8) is 0 Å². The molecule has 2 fully saturated rings. The fraction of sp³-hybridized carbons (Fsp3) is 0.624. The van der Waals surface area contributed by atoms with Gasteiger partial charge in [0.05, 0.1) is 36.6 Å². The fourth-order valence-electron chi connectivity index (χ4n) is 14.5. The van der Waals surface area contributed by atoms with Crippen LogP contribution in [-0.4, -0.2) is 166 Å². The quantitative estimate of drug-likeness (QED) is 0.00697. The molecule has 0 N–H and O–H groups in total. The predicted octanol–water partition coefficient (Wildman–Crippen LogP) is 25.7. The van der Waals surface area contributed by atoms with Gasteiger partial charge in [0.2, 0.25) is 0 Å². The van der Waals surface area contributed by atoms with Gasteiger partial charge in [0, 0.05) is 34.5 Å². The first kappa shape index (κ1) is 111. The number of allylic oxidation sites excluding steroid dienone is 1. The zero-order valence-electron chi connectivity index (χ0n) is 82.1. The van der Waals surface area contributed by atoms with Crippen LogP contribution in [0.4, 0.5) is 0 Å². The minimum absolute atomic E-state index is 0.0259. The van der Waals surface area contributed by atoms with Gasteiger partial charge in [-0.3, -0.25) is 0 Å². The summed E-state index contributed by atoms with van der Waals surface area (Å²) in [7, 11) is -4.96. The van der Waals surface area contributed by atoms with Crippen LogP contribution in [0.2, 0.25) is 92.7 Å². The summed E-state index contributed by atoms with van der Waals surface area (Å²) in [6, 6.07) is 43.0. The van der Waals surface area contributed by atoms with Crippen LogP contribution < -0.4 is 14.8 Å². The third-order valence-electron chi connectivity index (χ3n) is 24.3. The molecule has 0 aromatic heterocycles. The van der Waals surface area contributed by atoms with Crippen molar-refractivity contribution in [2.75, 3.05) is 44.2 Å². The van der Waals surface area contributed by atoms with E-state index in [1.807, 2.05) is 34.6 Å². The van der Waals surface area contributed by atoms with Crippen molar-refractivity contribution in [2.24, 2.45) is 17.8 Å². The van der Waals surface area contributed by atoms with Crippen molar-refractivity contribution in [3.05, 3.63) is 190 Å². The summed E-state index contributed by atoms with van der Waals surface area (Å²) in [5.74, 6) is -0.585. The minimum atomic E-state index is -2.78. The van der Waals surface area contributed by atoms with Gasteiger partial charge in [-0.1, -0.05) is 241 Å². The molecular formula is C101H165IO13P2SeSi5. The summed E-state index contributed by atoms with van der Waals surface area (Å²) in [6.45, 7) is 68.1. The van der Waals surface area contributed by atoms with Crippen LogP contribution in [0.5, 0.6) is 0 Å². The molecule has 0 aliphatic carbocycles. The molecule has 5 aromatic rings. The Morgan fingerprint density at radius 1 is 0.528 bits per heavy atom. The van der Waals surface area contributed by atoms with E-state index in [4.69, 9.17) is 50.7 Å². The van der Waals surface area contributed by atoms with Gasteiger partial charge in [-0.25, -0.2) is 4.79 Å². The zero-order valence-corrected chi connectivity index (χ0v) is 93.0. The van der Waals surface area contributed by atoms with Crippen LogP contribution in [0, 0.1) is 31.6 Å². The van der Waals surface area contributed by atoms with Gasteiger partial charge in [-0.05, 0) is 172 Å². The number of carbonyl (C=O) groups is 2. The van der Waals surface area contributed by atoms with Gasteiger partial charge >= 0.3 is 204 Å². The summed E-state index contributed by atoms with van der Waals surface area (Å²) >= 11 is 2.71. The molecule has 4 unspecified atom stereocenters. The monoisotopic (exact) mass is 1990 g/mol. The standard InChI is InChI=1S/C55H87O7PSi3.C25H37O3PSeSi.C21H41IO3Si/c1-41(43(3)61-66(54(7,8)9,46-29-20-18-21-30-46)47-31-22-19-23-32-47)34-35-49(62-65(16,17)53(4,5)6)51-48(59-55(10,11)60-51)33-26-28-45-40-44(27-24-25-37-63-57-12)39-42(2)50(45)52(56)58-36-38-64(13,14)15;1-20-17-21(11-9-10-15-29-27-2)18-22(19-30-23-12-7-6-8-13-23)24(20)25(26)28-14-16-31(3,4)5;1-15(2)16(3)11-12-18(25-26(9,10)20(4,5)6)19-17(13-14-22)23-21(7,8)24-19/h18-23,26,28-32,34-35,39-41,43,48-49,51,63H,24-25,27,33,36-38H2,1-17H3;6-8,12-13,17-18,29H,9-11,14-16,19H2,1-5H3;11-12,15-19H,13-14H2,1-10H3/b28-26+,35-34-;;12-11-/t41-,43+,48+,49?,51+;;16-,17+,18?,19+/m1.1/s1. The molecule has 2 aliphatic rings. The average molecular weight is 2000 g/mol. The molecule has 123 heavy (non-hydrogen) atoms. The van der Waals surface area contributed by atoms with E-state index in [1.165, 1.54) is 32.4 Å². The van der Waals surface area contributed by atoms with Crippen LogP contribution in [0.15, 0.2) is 146 Å². The molecule has 11 atom stereocenters. The van der Waals surface area contributed by atoms with Crippen molar-refractivity contribution < 1.29 is 60.3 Å². The second-order valence-corrected chi connectivity index (χ2v) is 72.4. The van der Waals surface area contributed by atoms with Crippen molar-refractivity contribution in [2.45, 2.75) is 342 Å². The average Bonchev–Trinajstić information content (AvgIpc) is 1.74. The van der Waals surface area contributed by atoms with E-state index in [-0.39, 0.29) is 75.7 Å². The van der Waals surface area contributed by atoms with Gasteiger partial charge in [0.25, 0.3) is 8.32 Å². The van der Waals surface area contributed by atoms with E-state index >= 15 is 0 Å². The number of hydrogen-bond acceptors (Lipinski definition) is 13. The first-order valence-corrected chi connectivity index (χ1v) is 66.4. The molecule has 0 amide bonds. The topological polar surface area (TPSA) is 136 Å². The molecule has 5 aromatic carbocycles. The second-order valence-electron chi connectivity index (χ2n) is 41.7. The third kappa shape index (κ3) is 36.6. The number of benzene rings is 5. The van der Waals surface area contributed by atoms with Crippen LogP contribution >= 0.6 is 40.2 Å². The third-order valence-corrected chi connectivity index (χ3v) is 46.3. The predicted molar refractivity (Wildman–Crippen MR) is 550 cm³/mol. The molecule has 2 heterocycles. The summed E-state index contributed by atoms with van der Waals surface area (Å²) < 4.78 is 72.5. The van der Waals surface area contributed by atoms with Crippen LogP contribution in [0.1, 0.15) is 217 Å². The molecule has 2 saturated heterocycles. The Kier molecular flexibility index (Phi) is 45.5. The molecule has 7 rings (SSSR count). The summed E-state index contributed by atoms with van der Waals surface area (Å²) in [6.07, 6.45) is 22.4. The van der Waals surface area contributed by atoms with Crippen LogP contribution in [0.3, 0.4) is 0 Å². The summed E-state index contributed by atoms with van der Waals surface area (Å²) in [5.41, 5.74) is 8.00. The Morgan fingerprint density at radius 3 is 1.38 bits per heavy atom. The summed E-state index contributed by atoms with van der Waals surface area (Å²) in [5, 5.41) is 3.45. The number of ether oxygens (including phenoxy) is 6. The SMILES string of the molecule is CC(C)[C@H](C)/C=C\C(O[Si](C)(C)C(C)(C)C)[C@H]1OC(C)(C)O[C@H]1CCI.COPCCCCc1cc(C)c(C(=O)OCC[Si](C)(C)C)c(/C=C/C[C@@H]2OC(C)(C)O[C@@H]2C(/C=C\[C@@H](C)[C@H](C)O[Si](c2ccccc2)(c2ccccc2)C(C)(C)C)O[Si](C)(C)C(C)(C)C)c1.COPCCCCc1cc(C)c(C(=O)OCC[Si](C)(C)C)c(C[Se]c2ccccc2)c1. The normalized spacial score (nSPS) is 18.8. The van der Waals surface area contributed by atoms with E-state index in [2.05, 4.69) is 344 Å². The number of aryl methyl sites for hydroxylation is 4. The van der Waals surface area contributed by atoms with Crippen LogP contribution in [-0.2, 0) is 68.9 Å². The first-order chi connectivity index (χ1) is 57.2. The number of alkyl halides is 1. The van der Waals surface area contributed by atoms with Crippen LogP contribution in [0.25, 0.3) is 6.08 Å². The zero-order chi connectivity index (χ0) is 92.2.